The molecule has 2 aromatic rings. The van der Waals surface area contributed by atoms with Crippen molar-refractivity contribution in [3.8, 4) is 0 Å². The molecule has 0 spiro atoms. The van der Waals surface area contributed by atoms with Crippen molar-refractivity contribution in [3.05, 3.63) is 52.1 Å². The van der Waals surface area contributed by atoms with Gasteiger partial charge in [0, 0.05) is 11.0 Å². The number of aliphatic hydroxyl groups is 1. The number of nitrogens with zero attached hydrogens (tertiary/aromatic N) is 1. The molecule has 0 aliphatic carbocycles. The molecule has 2 unspecified atom stereocenters. The molecule has 21 heavy (non-hydrogen) atoms. The fourth-order valence-corrected chi connectivity index (χ4v) is 2.08. The number of carbonyl (C=O) groups is 1. The van der Waals surface area contributed by atoms with E-state index in [9.17, 15) is 9.90 Å². The predicted octanol–water partition coefficient (Wildman–Crippen LogP) is 1.75. The Balaban J connectivity index is 2.00. The van der Waals surface area contributed by atoms with Gasteiger partial charge in [-0.15, -0.1) is 0 Å². The minimum absolute atomic E-state index is 0.133. The smallest absolute Gasteiger partial charge is 0.273 e. The molecule has 7 heteroatoms. The molecule has 1 heterocycles. The quantitative estimate of drug-likeness (QED) is 0.759. The Morgan fingerprint density at radius 1 is 1.52 bits per heavy atom. The first kappa shape index (κ1) is 15.7. The van der Waals surface area contributed by atoms with Gasteiger partial charge in [0.1, 0.15) is 12.3 Å². The molecular formula is C14H16BrN3O3. The van der Waals surface area contributed by atoms with E-state index in [0.717, 1.165) is 10.0 Å². The molecule has 4 N–H and O–H groups in total. The van der Waals surface area contributed by atoms with Crippen molar-refractivity contribution < 1.29 is 14.3 Å². The summed E-state index contributed by atoms with van der Waals surface area (Å²) >= 11 is 3.41. The van der Waals surface area contributed by atoms with Crippen LogP contribution in [0.5, 0.6) is 0 Å². The Morgan fingerprint density at radius 3 is 2.90 bits per heavy atom. The zero-order valence-corrected chi connectivity index (χ0v) is 13.0. The van der Waals surface area contributed by atoms with Crippen LogP contribution in [-0.2, 0) is 6.54 Å². The van der Waals surface area contributed by atoms with Crippen LogP contribution in [0, 0.1) is 0 Å². The third-order valence-corrected chi connectivity index (χ3v) is 3.73. The second kappa shape index (κ2) is 6.84. The van der Waals surface area contributed by atoms with Crippen molar-refractivity contribution in [1.82, 2.24) is 10.3 Å². The van der Waals surface area contributed by atoms with Gasteiger partial charge in [0.25, 0.3) is 5.91 Å². The highest BCUT2D eigenvalue weighted by Gasteiger charge is 2.20. The molecule has 0 fully saturated rings. The Labute approximate surface area is 130 Å². The van der Waals surface area contributed by atoms with Gasteiger partial charge in [-0.1, -0.05) is 34.1 Å². The molecule has 1 aromatic heterocycles. The topological polar surface area (TPSA) is 101 Å². The minimum atomic E-state index is -0.806. The SMILES string of the molecule is CC(O)C(N)c1nc(C(=O)NCc2ccccc2Br)co1. The lowest BCUT2D eigenvalue weighted by molar-refractivity contribution is 0.0945. The molecule has 2 atom stereocenters. The largest absolute Gasteiger partial charge is 0.446 e. The Hall–Kier alpha value is -1.70. The number of aliphatic hydroxyl groups excluding tert-OH is 1. The summed E-state index contributed by atoms with van der Waals surface area (Å²) < 4.78 is 6.04. The van der Waals surface area contributed by atoms with E-state index in [0.29, 0.717) is 6.54 Å². The number of rotatable bonds is 5. The summed E-state index contributed by atoms with van der Waals surface area (Å²) in [5.74, 6) is -0.227. The molecule has 0 saturated heterocycles. The first-order valence-corrected chi connectivity index (χ1v) is 7.19. The second-order valence-corrected chi connectivity index (χ2v) is 5.47. The molecule has 0 bridgehead atoms. The van der Waals surface area contributed by atoms with E-state index in [4.69, 9.17) is 10.2 Å². The van der Waals surface area contributed by atoms with Gasteiger partial charge in [0.05, 0.1) is 6.10 Å². The van der Waals surface area contributed by atoms with Gasteiger partial charge in [-0.2, -0.15) is 0 Å². The summed E-state index contributed by atoms with van der Waals surface area (Å²) in [6, 6.07) is 6.84. The van der Waals surface area contributed by atoms with Crippen LogP contribution in [0.3, 0.4) is 0 Å². The molecule has 0 aliphatic rings. The first-order chi connectivity index (χ1) is 9.99. The molecule has 0 radical (unpaired) electrons. The van der Waals surface area contributed by atoms with Gasteiger partial charge in [-0.3, -0.25) is 4.79 Å². The van der Waals surface area contributed by atoms with Crippen LogP contribution >= 0.6 is 15.9 Å². The zero-order valence-electron chi connectivity index (χ0n) is 11.4. The number of nitrogens with two attached hydrogens (primary N) is 1. The number of aromatic nitrogens is 1. The summed E-state index contributed by atoms with van der Waals surface area (Å²) in [6.07, 6.45) is 0.423. The van der Waals surface area contributed by atoms with Crippen LogP contribution in [0.25, 0.3) is 0 Å². The summed E-state index contributed by atoms with van der Waals surface area (Å²) in [7, 11) is 0. The number of amides is 1. The molecule has 112 valence electrons. The van der Waals surface area contributed by atoms with E-state index in [2.05, 4.69) is 26.2 Å². The van der Waals surface area contributed by atoms with Gasteiger partial charge in [0.15, 0.2) is 5.69 Å². The summed E-state index contributed by atoms with van der Waals surface area (Å²) in [5, 5.41) is 12.1. The molecule has 2 rings (SSSR count). The van der Waals surface area contributed by atoms with Crippen molar-refractivity contribution in [3.63, 3.8) is 0 Å². The van der Waals surface area contributed by atoms with Crippen molar-refractivity contribution in [2.75, 3.05) is 0 Å². The molecule has 1 amide bonds. The maximum atomic E-state index is 12.0. The van der Waals surface area contributed by atoms with E-state index < -0.39 is 12.1 Å². The van der Waals surface area contributed by atoms with Crippen molar-refractivity contribution in [2.24, 2.45) is 5.73 Å². The summed E-state index contributed by atoms with van der Waals surface area (Å²) in [6.45, 7) is 1.90. The zero-order chi connectivity index (χ0) is 15.4. The Morgan fingerprint density at radius 2 is 2.24 bits per heavy atom. The fraction of sp³-hybridized carbons (Fsp3) is 0.286. The number of halogens is 1. The first-order valence-electron chi connectivity index (χ1n) is 6.39. The van der Waals surface area contributed by atoms with E-state index in [1.807, 2.05) is 24.3 Å². The lowest BCUT2D eigenvalue weighted by Gasteiger charge is -2.09. The van der Waals surface area contributed by atoms with Crippen LogP contribution in [-0.4, -0.2) is 22.1 Å². The molecule has 0 aliphatic heterocycles. The van der Waals surface area contributed by atoms with Crippen LogP contribution in [0.1, 0.15) is 34.9 Å². The summed E-state index contributed by atoms with van der Waals surface area (Å²) in [4.78, 5) is 16.0. The number of carbonyl (C=O) groups excluding carboxylic acids is 1. The lowest BCUT2D eigenvalue weighted by atomic mass is 10.2. The number of hydrogen-bond acceptors (Lipinski definition) is 5. The van der Waals surface area contributed by atoms with Gasteiger partial charge < -0.3 is 20.6 Å². The Bertz CT molecular complexity index is 627. The third-order valence-electron chi connectivity index (χ3n) is 2.96. The maximum Gasteiger partial charge on any atom is 0.273 e. The van der Waals surface area contributed by atoms with Gasteiger partial charge in [-0.25, -0.2) is 4.98 Å². The van der Waals surface area contributed by atoms with Crippen molar-refractivity contribution in [1.29, 1.82) is 0 Å². The van der Waals surface area contributed by atoms with E-state index in [-0.39, 0.29) is 17.5 Å². The van der Waals surface area contributed by atoms with Crippen molar-refractivity contribution in [2.45, 2.75) is 25.6 Å². The minimum Gasteiger partial charge on any atom is -0.446 e. The highest BCUT2D eigenvalue weighted by molar-refractivity contribution is 9.10. The number of nitrogens with one attached hydrogen (secondary N) is 1. The number of oxazole rings is 1. The summed E-state index contributed by atoms with van der Waals surface area (Å²) in [5.41, 5.74) is 6.78. The predicted molar refractivity (Wildman–Crippen MR) is 80.4 cm³/mol. The molecule has 6 nitrogen and oxygen atoms in total. The number of hydrogen-bond donors (Lipinski definition) is 3. The molecule has 1 aromatic carbocycles. The monoisotopic (exact) mass is 353 g/mol. The van der Waals surface area contributed by atoms with Gasteiger partial charge >= 0.3 is 0 Å². The van der Waals surface area contributed by atoms with E-state index in [1.165, 1.54) is 13.2 Å². The molecular weight excluding hydrogens is 338 g/mol. The van der Waals surface area contributed by atoms with E-state index >= 15 is 0 Å². The lowest BCUT2D eigenvalue weighted by Crippen LogP contribution is -2.25. The van der Waals surface area contributed by atoms with E-state index in [1.54, 1.807) is 0 Å². The van der Waals surface area contributed by atoms with Gasteiger partial charge in [-0.05, 0) is 18.6 Å². The Kier molecular flexibility index (Phi) is 5.11. The van der Waals surface area contributed by atoms with Crippen LogP contribution in [0.4, 0.5) is 0 Å². The average molecular weight is 354 g/mol. The normalized spacial score (nSPS) is 13.7. The van der Waals surface area contributed by atoms with Crippen molar-refractivity contribution >= 4 is 21.8 Å². The standard InChI is InChI=1S/C14H16BrN3O3/c1-8(19)12(16)14-18-11(7-21-14)13(20)17-6-9-4-2-3-5-10(9)15/h2-5,7-8,12,19H,6,16H2,1H3,(H,17,20). The average Bonchev–Trinajstić information content (AvgIpc) is 2.95. The highest BCUT2D eigenvalue weighted by Crippen LogP contribution is 2.16. The maximum absolute atomic E-state index is 12.0. The van der Waals surface area contributed by atoms with Crippen LogP contribution in [0.2, 0.25) is 0 Å². The highest BCUT2D eigenvalue weighted by atomic mass is 79.9. The second-order valence-electron chi connectivity index (χ2n) is 4.61. The number of benzene rings is 1. The molecule has 0 saturated carbocycles. The van der Waals surface area contributed by atoms with Gasteiger partial charge in [0.2, 0.25) is 5.89 Å². The van der Waals surface area contributed by atoms with Crippen LogP contribution in [0.15, 0.2) is 39.4 Å². The fourth-order valence-electron chi connectivity index (χ4n) is 1.66. The third kappa shape index (κ3) is 3.90. The van der Waals surface area contributed by atoms with Crippen LogP contribution < -0.4 is 11.1 Å².